The minimum atomic E-state index is -0.471. The smallest absolute Gasteiger partial charge is 0.162 e. The topological polar surface area (TPSA) is 43.4 Å². The zero-order valence-corrected chi connectivity index (χ0v) is 14.5. The molecule has 0 aromatic heterocycles. The fourth-order valence-corrected chi connectivity index (χ4v) is 2.55. The van der Waals surface area contributed by atoms with Gasteiger partial charge in [0, 0.05) is 29.4 Å². The lowest BCUT2D eigenvalue weighted by molar-refractivity contribution is -0.127. The fourth-order valence-electron chi connectivity index (χ4n) is 2.55. The molecule has 1 unspecified atom stereocenters. The Hall–Kier alpha value is -1.90. The summed E-state index contributed by atoms with van der Waals surface area (Å²) in [5.74, 6) is 0.940. The highest BCUT2D eigenvalue weighted by molar-refractivity contribution is 6.02. The summed E-state index contributed by atoms with van der Waals surface area (Å²) >= 11 is 0. The first kappa shape index (κ1) is 17.5. The summed E-state index contributed by atoms with van der Waals surface area (Å²) < 4.78 is 6.00. The van der Waals surface area contributed by atoms with Crippen LogP contribution in [0.3, 0.4) is 0 Å². The molecule has 0 spiro atoms. The number of ketones is 2. The van der Waals surface area contributed by atoms with Gasteiger partial charge >= 0.3 is 0 Å². The van der Waals surface area contributed by atoms with E-state index in [9.17, 15) is 9.59 Å². The summed E-state index contributed by atoms with van der Waals surface area (Å²) in [5.41, 5.74) is 1.11. The second-order valence-corrected chi connectivity index (χ2v) is 7.15. The molecule has 0 fully saturated rings. The number of ether oxygens (including phenoxy) is 1. The van der Waals surface area contributed by atoms with Gasteiger partial charge in [-0.05, 0) is 18.6 Å². The Morgan fingerprint density at radius 1 is 1.17 bits per heavy atom. The van der Waals surface area contributed by atoms with E-state index in [4.69, 9.17) is 4.74 Å². The van der Waals surface area contributed by atoms with Gasteiger partial charge in [-0.3, -0.25) is 9.59 Å². The van der Waals surface area contributed by atoms with Crippen molar-refractivity contribution in [1.29, 1.82) is 0 Å². The number of carbonyl (C=O) groups excluding carboxylic acids is 2. The summed E-state index contributed by atoms with van der Waals surface area (Å²) in [6, 6.07) is 7.64. The molecule has 0 aliphatic carbocycles. The lowest BCUT2D eigenvalue weighted by atomic mass is 9.84. The van der Waals surface area contributed by atoms with Gasteiger partial charge in [0.1, 0.15) is 17.6 Å². The lowest BCUT2D eigenvalue weighted by Crippen LogP contribution is -2.33. The number of para-hydroxylation sites is 1. The summed E-state index contributed by atoms with van der Waals surface area (Å²) in [6.45, 7) is 7.76. The normalized spacial score (nSPS) is 17.0. The van der Waals surface area contributed by atoms with Crippen LogP contribution in [0.2, 0.25) is 0 Å². The Kier molecular flexibility index (Phi) is 5.40. The molecule has 1 aliphatic heterocycles. The number of carbonyl (C=O) groups is 2. The Balaban J connectivity index is 2.29. The van der Waals surface area contributed by atoms with Crippen LogP contribution in [-0.2, 0) is 9.59 Å². The van der Waals surface area contributed by atoms with Crippen LogP contribution in [0, 0.1) is 5.41 Å². The zero-order chi connectivity index (χ0) is 17.0. The van der Waals surface area contributed by atoms with Crippen molar-refractivity contribution in [3.63, 3.8) is 0 Å². The first-order valence-corrected chi connectivity index (χ1v) is 8.36. The van der Waals surface area contributed by atoms with Crippen LogP contribution < -0.4 is 4.74 Å². The van der Waals surface area contributed by atoms with Crippen LogP contribution >= 0.6 is 0 Å². The van der Waals surface area contributed by atoms with Gasteiger partial charge in [-0.1, -0.05) is 52.3 Å². The quantitative estimate of drug-likeness (QED) is 0.771. The standard InChI is InChI=1S/C20H26O3/c1-5-6-10-16(21)15-12-14-9-7-8-11-17(14)23-18(15)13-19(22)20(2,3)4/h7-9,11-12,18H,5-6,10,13H2,1-4H3. The molecule has 1 atom stereocenters. The largest absolute Gasteiger partial charge is 0.485 e. The van der Waals surface area contributed by atoms with Gasteiger partial charge in [-0.2, -0.15) is 0 Å². The molecular formula is C20H26O3. The molecule has 0 saturated carbocycles. The number of unbranched alkanes of at least 4 members (excludes halogenated alkanes) is 1. The monoisotopic (exact) mass is 314 g/mol. The minimum absolute atomic E-state index is 0.0908. The van der Waals surface area contributed by atoms with Crippen LogP contribution in [-0.4, -0.2) is 17.7 Å². The first-order valence-electron chi connectivity index (χ1n) is 8.36. The van der Waals surface area contributed by atoms with Crippen molar-refractivity contribution in [1.82, 2.24) is 0 Å². The Labute approximate surface area is 138 Å². The van der Waals surface area contributed by atoms with Crippen LogP contribution in [0.4, 0.5) is 0 Å². The van der Waals surface area contributed by atoms with E-state index in [1.807, 2.05) is 51.1 Å². The van der Waals surface area contributed by atoms with Crippen molar-refractivity contribution in [3.05, 3.63) is 35.4 Å². The Morgan fingerprint density at radius 3 is 2.52 bits per heavy atom. The van der Waals surface area contributed by atoms with Crippen LogP contribution in [0.15, 0.2) is 29.8 Å². The molecule has 124 valence electrons. The van der Waals surface area contributed by atoms with Crippen molar-refractivity contribution >= 4 is 17.6 Å². The second kappa shape index (κ2) is 7.12. The molecule has 1 aromatic rings. The van der Waals surface area contributed by atoms with Gasteiger partial charge in [-0.15, -0.1) is 0 Å². The third-order valence-corrected chi connectivity index (χ3v) is 4.13. The maximum absolute atomic E-state index is 12.5. The third-order valence-electron chi connectivity index (χ3n) is 4.13. The SMILES string of the molecule is CCCCC(=O)C1=Cc2ccccc2OC1CC(=O)C(C)(C)C. The predicted octanol–water partition coefficient (Wildman–Crippen LogP) is 4.60. The average Bonchev–Trinajstić information content (AvgIpc) is 2.51. The van der Waals surface area contributed by atoms with E-state index < -0.39 is 11.5 Å². The Bertz CT molecular complexity index is 620. The van der Waals surface area contributed by atoms with Gasteiger partial charge in [0.05, 0.1) is 0 Å². The summed E-state index contributed by atoms with van der Waals surface area (Å²) in [7, 11) is 0. The highest BCUT2D eigenvalue weighted by Gasteiger charge is 2.32. The van der Waals surface area contributed by atoms with E-state index in [0.717, 1.165) is 24.2 Å². The molecule has 0 bridgehead atoms. The third kappa shape index (κ3) is 4.31. The van der Waals surface area contributed by atoms with Crippen molar-refractivity contribution in [2.45, 2.75) is 59.5 Å². The van der Waals surface area contributed by atoms with Crippen LogP contribution in [0.1, 0.15) is 58.9 Å². The van der Waals surface area contributed by atoms with E-state index >= 15 is 0 Å². The highest BCUT2D eigenvalue weighted by Crippen LogP contribution is 2.33. The summed E-state index contributed by atoms with van der Waals surface area (Å²) in [5, 5.41) is 0. The van der Waals surface area contributed by atoms with Gasteiger partial charge in [0.25, 0.3) is 0 Å². The molecule has 1 aliphatic rings. The molecule has 2 rings (SSSR count). The number of fused-ring (bicyclic) bond motifs is 1. The van der Waals surface area contributed by atoms with E-state index in [1.165, 1.54) is 0 Å². The van der Waals surface area contributed by atoms with Crippen molar-refractivity contribution in [3.8, 4) is 5.75 Å². The number of Topliss-reactive ketones (excluding diaryl/α,β-unsaturated/α-hetero) is 2. The van der Waals surface area contributed by atoms with Crippen molar-refractivity contribution < 1.29 is 14.3 Å². The van der Waals surface area contributed by atoms with Crippen LogP contribution in [0.5, 0.6) is 5.75 Å². The minimum Gasteiger partial charge on any atom is -0.485 e. The van der Waals surface area contributed by atoms with Crippen LogP contribution in [0.25, 0.3) is 6.08 Å². The molecular weight excluding hydrogens is 288 g/mol. The predicted molar refractivity (Wildman–Crippen MR) is 92.4 cm³/mol. The first-order chi connectivity index (χ1) is 10.8. The van der Waals surface area contributed by atoms with Crippen molar-refractivity contribution in [2.75, 3.05) is 0 Å². The van der Waals surface area contributed by atoms with Gasteiger partial charge in [-0.25, -0.2) is 0 Å². The molecule has 3 heteroatoms. The molecule has 1 aromatic carbocycles. The van der Waals surface area contributed by atoms with Gasteiger partial charge in [0.2, 0.25) is 0 Å². The second-order valence-electron chi connectivity index (χ2n) is 7.15. The maximum Gasteiger partial charge on any atom is 0.162 e. The Morgan fingerprint density at radius 2 is 1.87 bits per heavy atom. The fraction of sp³-hybridized carbons (Fsp3) is 0.500. The molecule has 1 heterocycles. The average molecular weight is 314 g/mol. The van der Waals surface area contributed by atoms with Gasteiger partial charge in [0.15, 0.2) is 5.78 Å². The highest BCUT2D eigenvalue weighted by atomic mass is 16.5. The van der Waals surface area contributed by atoms with E-state index in [1.54, 1.807) is 0 Å². The molecule has 0 amide bonds. The number of hydrogen-bond acceptors (Lipinski definition) is 3. The molecule has 0 saturated heterocycles. The van der Waals surface area contributed by atoms with E-state index in [2.05, 4.69) is 6.92 Å². The number of rotatable bonds is 6. The summed E-state index contributed by atoms with van der Waals surface area (Å²) in [6.07, 6.45) is 4.01. The van der Waals surface area contributed by atoms with Gasteiger partial charge < -0.3 is 4.74 Å². The zero-order valence-electron chi connectivity index (χ0n) is 14.5. The summed E-state index contributed by atoms with van der Waals surface area (Å²) in [4.78, 5) is 25.0. The molecule has 0 radical (unpaired) electrons. The molecule has 3 nitrogen and oxygen atoms in total. The number of benzene rings is 1. The van der Waals surface area contributed by atoms with E-state index in [0.29, 0.717) is 12.0 Å². The van der Waals surface area contributed by atoms with Crippen molar-refractivity contribution in [2.24, 2.45) is 5.41 Å². The van der Waals surface area contributed by atoms with E-state index in [-0.39, 0.29) is 18.0 Å². The lowest BCUT2D eigenvalue weighted by Gasteiger charge is -2.28. The molecule has 0 N–H and O–H groups in total. The maximum atomic E-state index is 12.5. The number of hydrogen-bond donors (Lipinski definition) is 0. The molecule has 23 heavy (non-hydrogen) atoms.